The van der Waals surface area contributed by atoms with Crippen molar-refractivity contribution in [3.63, 3.8) is 0 Å². The second kappa shape index (κ2) is 21.3. The number of carbonyl (C=O) groups excluding carboxylic acids is 4. The van der Waals surface area contributed by atoms with E-state index in [9.17, 15) is 33.5 Å². The fourth-order valence-corrected chi connectivity index (χ4v) is 7.44. The highest BCUT2D eigenvalue weighted by atomic mass is 19.1. The standard InChI is InChI=1S/C39H64FN5O8/c1-12-24(6)34(44(9)38(49)33(23(4)5)43-37(48)32(41-8)22(2)3)30(52-10)21-31(46)45-19-15-18-29(45)35(53-11)25(7)36(47)42-28(39(50)51)20-26-16-13-14-17-27(26)40/h13-14,16-17,22-25,28-30,32-35,41H,12,15,18-21H2,1-11H3,(H,42,47)(H,43,48)(H,50,51)/t24-,25+,28?,29-,30+,32-,33-,34?,35+/m0/s1. The lowest BCUT2D eigenvalue weighted by atomic mass is 9.89. The van der Waals surface area contributed by atoms with Gasteiger partial charge in [-0.2, -0.15) is 0 Å². The van der Waals surface area contributed by atoms with Crippen molar-refractivity contribution >= 4 is 29.6 Å². The number of carbonyl (C=O) groups is 5. The Morgan fingerprint density at radius 3 is 2.09 bits per heavy atom. The Labute approximate surface area is 315 Å². The Hall–Kier alpha value is -3.62. The van der Waals surface area contributed by atoms with Crippen LogP contribution in [-0.2, 0) is 39.9 Å². The zero-order valence-corrected chi connectivity index (χ0v) is 33.5. The number of benzene rings is 1. The van der Waals surface area contributed by atoms with E-state index in [0.717, 1.165) is 0 Å². The van der Waals surface area contributed by atoms with Crippen LogP contribution in [0.4, 0.5) is 4.39 Å². The van der Waals surface area contributed by atoms with Crippen LogP contribution in [0.1, 0.15) is 79.7 Å². The molecule has 0 saturated carbocycles. The molecule has 9 atom stereocenters. The summed E-state index contributed by atoms with van der Waals surface area (Å²) in [5.74, 6) is -4.34. The molecule has 0 spiro atoms. The number of hydrogen-bond donors (Lipinski definition) is 4. The molecule has 1 aliphatic rings. The molecule has 0 bridgehead atoms. The van der Waals surface area contributed by atoms with Crippen molar-refractivity contribution < 1.29 is 42.9 Å². The van der Waals surface area contributed by atoms with Gasteiger partial charge < -0.3 is 40.3 Å². The molecule has 2 unspecified atom stereocenters. The van der Waals surface area contributed by atoms with Crippen molar-refractivity contribution in [3.8, 4) is 0 Å². The molecule has 4 N–H and O–H groups in total. The summed E-state index contributed by atoms with van der Waals surface area (Å²) in [6.45, 7) is 13.7. The molecule has 53 heavy (non-hydrogen) atoms. The lowest BCUT2D eigenvalue weighted by Crippen LogP contribution is -2.59. The molecule has 13 nitrogen and oxygen atoms in total. The summed E-state index contributed by atoms with van der Waals surface area (Å²) in [6.07, 6.45) is 0.190. The van der Waals surface area contributed by atoms with Crippen LogP contribution >= 0.6 is 0 Å². The number of hydrogen-bond acceptors (Lipinski definition) is 8. The lowest BCUT2D eigenvalue weighted by molar-refractivity contribution is -0.148. The maximum absolute atomic E-state index is 14.3. The van der Waals surface area contributed by atoms with E-state index in [1.807, 2.05) is 41.5 Å². The van der Waals surface area contributed by atoms with Gasteiger partial charge in [-0.15, -0.1) is 0 Å². The SMILES string of the molecule is CC[C@H](C)C([C@@H](CC(=O)N1CCC[C@H]1[C@H](OC)[C@@H](C)C(=O)NC(Cc1ccccc1F)C(=O)O)OC)N(C)C(=O)[C@@H](NC(=O)[C@@H](NC)C(C)C)C(C)C. The second-order valence-corrected chi connectivity index (χ2v) is 15.0. The van der Waals surface area contributed by atoms with Crippen molar-refractivity contribution in [1.29, 1.82) is 0 Å². The number of aliphatic carboxylic acids is 1. The number of amides is 4. The zero-order valence-electron chi connectivity index (χ0n) is 33.5. The van der Waals surface area contributed by atoms with Crippen LogP contribution in [0.3, 0.4) is 0 Å². The monoisotopic (exact) mass is 749 g/mol. The minimum Gasteiger partial charge on any atom is -0.480 e. The number of rotatable bonds is 21. The van der Waals surface area contributed by atoms with Crippen molar-refractivity contribution in [2.45, 2.75) is 123 Å². The average Bonchev–Trinajstić information content (AvgIpc) is 3.60. The molecule has 1 aromatic rings. The van der Waals surface area contributed by atoms with Crippen LogP contribution in [0.5, 0.6) is 0 Å². The van der Waals surface area contributed by atoms with Gasteiger partial charge in [0.2, 0.25) is 23.6 Å². The van der Waals surface area contributed by atoms with Gasteiger partial charge in [0.05, 0.1) is 42.7 Å². The van der Waals surface area contributed by atoms with E-state index in [0.29, 0.717) is 25.8 Å². The van der Waals surface area contributed by atoms with Gasteiger partial charge in [-0.05, 0) is 49.3 Å². The smallest absolute Gasteiger partial charge is 0.326 e. The van der Waals surface area contributed by atoms with Crippen LogP contribution < -0.4 is 16.0 Å². The van der Waals surface area contributed by atoms with Gasteiger partial charge >= 0.3 is 5.97 Å². The summed E-state index contributed by atoms with van der Waals surface area (Å²) in [6, 6.07) is 2.18. The number of halogens is 1. The molecule has 0 aliphatic carbocycles. The molecule has 1 heterocycles. The van der Waals surface area contributed by atoms with Gasteiger partial charge in [-0.25, -0.2) is 9.18 Å². The molecule has 1 saturated heterocycles. The maximum atomic E-state index is 14.3. The van der Waals surface area contributed by atoms with Crippen LogP contribution in [0.25, 0.3) is 0 Å². The maximum Gasteiger partial charge on any atom is 0.326 e. The molecule has 2 rings (SSSR count). The normalized spacial score (nSPS) is 19.1. The van der Waals surface area contributed by atoms with E-state index >= 15 is 0 Å². The Bertz CT molecular complexity index is 1380. The number of likely N-dealkylation sites (tertiary alicyclic amines) is 1. The van der Waals surface area contributed by atoms with E-state index < -0.39 is 66.0 Å². The van der Waals surface area contributed by atoms with Crippen molar-refractivity contribution in [1.82, 2.24) is 25.8 Å². The van der Waals surface area contributed by atoms with Gasteiger partial charge in [-0.1, -0.05) is 73.1 Å². The molecule has 1 fully saturated rings. The second-order valence-electron chi connectivity index (χ2n) is 15.0. The highest BCUT2D eigenvalue weighted by Crippen LogP contribution is 2.30. The fraction of sp³-hybridized carbons (Fsp3) is 0.718. The Kier molecular flexibility index (Phi) is 18.3. The van der Waals surface area contributed by atoms with Gasteiger partial charge in [0, 0.05) is 34.2 Å². The number of carboxylic acid groups (broad SMARTS) is 1. The minimum atomic E-state index is -1.37. The molecule has 4 amide bonds. The van der Waals surface area contributed by atoms with Crippen LogP contribution in [-0.4, -0.2) is 122 Å². The van der Waals surface area contributed by atoms with Crippen LogP contribution in [0.2, 0.25) is 0 Å². The molecular weight excluding hydrogens is 685 g/mol. The third-order valence-corrected chi connectivity index (χ3v) is 10.7. The predicted octanol–water partition coefficient (Wildman–Crippen LogP) is 3.24. The summed E-state index contributed by atoms with van der Waals surface area (Å²) < 4.78 is 26.1. The molecule has 300 valence electrons. The van der Waals surface area contributed by atoms with Crippen molar-refractivity contribution in [3.05, 3.63) is 35.6 Å². The highest BCUT2D eigenvalue weighted by molar-refractivity contribution is 5.90. The Morgan fingerprint density at radius 1 is 0.962 bits per heavy atom. The van der Waals surface area contributed by atoms with E-state index in [-0.39, 0.29) is 53.9 Å². The van der Waals surface area contributed by atoms with E-state index in [2.05, 4.69) is 16.0 Å². The number of ether oxygens (including phenoxy) is 2. The summed E-state index contributed by atoms with van der Waals surface area (Å²) in [5.41, 5.74) is 0.164. The highest BCUT2D eigenvalue weighted by Gasteiger charge is 2.43. The topological polar surface area (TPSA) is 167 Å². The third kappa shape index (κ3) is 11.9. The first-order chi connectivity index (χ1) is 24.9. The van der Waals surface area contributed by atoms with Crippen molar-refractivity contribution in [2.24, 2.45) is 23.7 Å². The predicted molar refractivity (Wildman–Crippen MR) is 200 cm³/mol. The first kappa shape index (κ1) is 45.5. The third-order valence-electron chi connectivity index (χ3n) is 10.7. The number of nitrogens with zero attached hydrogens (tertiary/aromatic N) is 2. The van der Waals surface area contributed by atoms with E-state index in [1.54, 1.807) is 36.9 Å². The fourth-order valence-electron chi connectivity index (χ4n) is 7.44. The van der Waals surface area contributed by atoms with Crippen LogP contribution in [0.15, 0.2) is 24.3 Å². The first-order valence-corrected chi connectivity index (χ1v) is 18.8. The number of methoxy groups -OCH3 is 2. The minimum absolute atomic E-state index is 0.00844. The summed E-state index contributed by atoms with van der Waals surface area (Å²) in [4.78, 5) is 70.2. The van der Waals surface area contributed by atoms with Gasteiger partial charge in [0.25, 0.3) is 0 Å². The molecule has 1 aliphatic heterocycles. The van der Waals surface area contributed by atoms with E-state index in [4.69, 9.17) is 9.47 Å². The lowest BCUT2D eigenvalue weighted by Gasteiger charge is -2.41. The summed E-state index contributed by atoms with van der Waals surface area (Å²) >= 11 is 0. The van der Waals surface area contributed by atoms with Gasteiger partial charge in [-0.3, -0.25) is 19.2 Å². The Balaban J connectivity index is 2.27. The summed E-state index contributed by atoms with van der Waals surface area (Å²) in [7, 11) is 6.36. The molecule has 0 aromatic heterocycles. The van der Waals surface area contributed by atoms with Crippen molar-refractivity contribution in [2.75, 3.05) is 34.9 Å². The molecular formula is C39H64FN5O8. The first-order valence-electron chi connectivity index (χ1n) is 18.8. The Morgan fingerprint density at radius 2 is 1.58 bits per heavy atom. The largest absolute Gasteiger partial charge is 0.480 e. The molecule has 14 heteroatoms. The number of carboxylic acids is 1. The quantitative estimate of drug-likeness (QED) is 0.148. The van der Waals surface area contributed by atoms with Gasteiger partial charge in [0.15, 0.2) is 0 Å². The number of likely N-dealkylation sites (N-methyl/N-ethyl adjacent to an activating group) is 2. The molecule has 0 radical (unpaired) electrons. The van der Waals surface area contributed by atoms with Crippen LogP contribution in [0, 0.1) is 29.5 Å². The zero-order chi connectivity index (χ0) is 40.2. The molecule has 1 aromatic carbocycles. The number of nitrogens with one attached hydrogen (secondary N) is 3. The van der Waals surface area contributed by atoms with E-state index in [1.165, 1.54) is 32.4 Å². The van der Waals surface area contributed by atoms with Gasteiger partial charge in [0.1, 0.15) is 17.9 Å². The summed E-state index contributed by atoms with van der Waals surface area (Å²) in [5, 5.41) is 18.4. The average molecular weight is 750 g/mol.